The predicted molar refractivity (Wildman–Crippen MR) is 78.1 cm³/mol. The number of carbonyl (C=O) groups excluding carboxylic acids is 1. The molecule has 0 spiro atoms. The van der Waals surface area contributed by atoms with Gasteiger partial charge in [-0.3, -0.25) is 4.79 Å². The number of nitrogens with one attached hydrogen (secondary N) is 1. The Kier molecular flexibility index (Phi) is 6.32. The van der Waals surface area contributed by atoms with Gasteiger partial charge in [-0.1, -0.05) is 18.5 Å². The lowest BCUT2D eigenvalue weighted by atomic mass is 10.2. The Balaban J connectivity index is 2.40. The maximum absolute atomic E-state index is 11.6. The molecule has 4 nitrogen and oxygen atoms in total. The molecule has 0 radical (unpaired) electrons. The fourth-order valence-electron chi connectivity index (χ4n) is 1.27. The Hall–Kier alpha value is -0.910. The number of thioether (sulfide) groups is 1. The first-order valence-corrected chi connectivity index (χ1v) is 7.03. The van der Waals surface area contributed by atoms with Gasteiger partial charge in [0.05, 0.1) is 18.0 Å². The SMILES string of the molecule is CC(CO)SCCC(=O)Nc1ccc(Cl)cc1N. The van der Waals surface area contributed by atoms with Gasteiger partial charge >= 0.3 is 0 Å². The molecule has 0 saturated carbocycles. The maximum atomic E-state index is 11.6. The van der Waals surface area contributed by atoms with Crippen molar-refractivity contribution >= 4 is 40.6 Å². The molecule has 0 bridgehead atoms. The van der Waals surface area contributed by atoms with E-state index in [1.807, 2.05) is 6.92 Å². The van der Waals surface area contributed by atoms with Crippen LogP contribution in [0, 0.1) is 0 Å². The molecule has 0 heterocycles. The number of hydrogen-bond acceptors (Lipinski definition) is 4. The number of aliphatic hydroxyl groups excluding tert-OH is 1. The third-order valence-electron chi connectivity index (χ3n) is 2.28. The average Bonchev–Trinajstić information content (AvgIpc) is 2.32. The fourth-order valence-corrected chi connectivity index (χ4v) is 2.26. The van der Waals surface area contributed by atoms with Crippen molar-refractivity contribution in [2.24, 2.45) is 0 Å². The highest BCUT2D eigenvalue weighted by atomic mass is 35.5. The van der Waals surface area contributed by atoms with Gasteiger partial charge in [0.25, 0.3) is 0 Å². The first-order valence-electron chi connectivity index (χ1n) is 5.60. The van der Waals surface area contributed by atoms with E-state index in [-0.39, 0.29) is 17.8 Å². The number of halogens is 1. The Morgan fingerprint density at radius 2 is 2.33 bits per heavy atom. The molecule has 1 aromatic carbocycles. The van der Waals surface area contributed by atoms with Crippen LogP contribution in [0.15, 0.2) is 18.2 Å². The smallest absolute Gasteiger partial charge is 0.225 e. The molecule has 0 aromatic heterocycles. The number of anilines is 2. The van der Waals surface area contributed by atoms with Crippen molar-refractivity contribution in [1.29, 1.82) is 0 Å². The van der Waals surface area contributed by atoms with Crippen LogP contribution in [0.3, 0.4) is 0 Å². The van der Waals surface area contributed by atoms with Gasteiger partial charge in [0.15, 0.2) is 0 Å². The van der Waals surface area contributed by atoms with E-state index in [1.165, 1.54) is 0 Å². The lowest BCUT2D eigenvalue weighted by Crippen LogP contribution is -2.14. The van der Waals surface area contributed by atoms with Crippen LogP contribution in [0.2, 0.25) is 5.02 Å². The van der Waals surface area contributed by atoms with Crippen molar-refractivity contribution < 1.29 is 9.90 Å². The lowest BCUT2D eigenvalue weighted by molar-refractivity contribution is -0.115. The number of nitrogen functional groups attached to an aromatic ring is 1. The topological polar surface area (TPSA) is 75.3 Å². The van der Waals surface area contributed by atoms with E-state index in [9.17, 15) is 4.79 Å². The highest BCUT2D eigenvalue weighted by Crippen LogP contribution is 2.22. The summed E-state index contributed by atoms with van der Waals surface area (Å²) < 4.78 is 0. The molecule has 6 heteroatoms. The normalized spacial score (nSPS) is 12.2. The van der Waals surface area contributed by atoms with E-state index in [1.54, 1.807) is 30.0 Å². The van der Waals surface area contributed by atoms with Crippen LogP contribution in [0.1, 0.15) is 13.3 Å². The average molecular weight is 289 g/mol. The summed E-state index contributed by atoms with van der Waals surface area (Å²) in [6.07, 6.45) is 0.386. The molecule has 1 rings (SSSR count). The van der Waals surface area contributed by atoms with Crippen LogP contribution >= 0.6 is 23.4 Å². The fraction of sp³-hybridized carbons (Fsp3) is 0.417. The molecule has 100 valence electrons. The highest BCUT2D eigenvalue weighted by molar-refractivity contribution is 7.99. The van der Waals surface area contributed by atoms with Crippen LogP contribution in [0.25, 0.3) is 0 Å². The molecular weight excluding hydrogens is 272 g/mol. The highest BCUT2D eigenvalue weighted by Gasteiger charge is 2.07. The van der Waals surface area contributed by atoms with Crippen LogP contribution in [0.4, 0.5) is 11.4 Å². The second-order valence-corrected chi connectivity index (χ2v) is 5.88. The Labute approximate surface area is 116 Å². The van der Waals surface area contributed by atoms with E-state index in [4.69, 9.17) is 22.4 Å². The maximum Gasteiger partial charge on any atom is 0.225 e. The molecule has 0 saturated heterocycles. The summed E-state index contributed by atoms with van der Waals surface area (Å²) in [6, 6.07) is 4.95. The minimum atomic E-state index is -0.0957. The molecule has 1 atom stereocenters. The minimum Gasteiger partial charge on any atom is -0.397 e. The standard InChI is InChI=1S/C12H17ClN2O2S/c1-8(7-16)18-5-4-12(17)15-11-3-2-9(13)6-10(11)14/h2-3,6,8,16H,4-5,7,14H2,1H3,(H,15,17). The Morgan fingerprint density at radius 3 is 2.94 bits per heavy atom. The number of benzene rings is 1. The van der Waals surface area contributed by atoms with Gasteiger partial charge in [0, 0.05) is 22.4 Å². The number of aliphatic hydroxyl groups is 1. The molecule has 0 aliphatic rings. The van der Waals surface area contributed by atoms with Crippen LogP contribution in [-0.4, -0.2) is 28.6 Å². The molecule has 1 aromatic rings. The van der Waals surface area contributed by atoms with Crippen LogP contribution < -0.4 is 11.1 Å². The van der Waals surface area contributed by atoms with E-state index in [0.717, 1.165) is 0 Å². The van der Waals surface area contributed by atoms with Crippen LogP contribution in [-0.2, 0) is 4.79 Å². The summed E-state index contributed by atoms with van der Waals surface area (Å²) in [5.41, 5.74) is 6.76. The summed E-state index contributed by atoms with van der Waals surface area (Å²) in [4.78, 5) is 11.6. The second-order valence-electron chi connectivity index (χ2n) is 3.89. The Bertz CT molecular complexity index is 415. The van der Waals surface area contributed by atoms with E-state index in [2.05, 4.69) is 5.32 Å². The Morgan fingerprint density at radius 1 is 1.61 bits per heavy atom. The summed E-state index contributed by atoms with van der Waals surface area (Å²) in [6.45, 7) is 2.04. The zero-order valence-corrected chi connectivity index (χ0v) is 11.7. The van der Waals surface area contributed by atoms with Gasteiger partial charge in [-0.25, -0.2) is 0 Å². The summed E-state index contributed by atoms with van der Waals surface area (Å²) >= 11 is 7.33. The van der Waals surface area contributed by atoms with Gasteiger partial charge in [0.2, 0.25) is 5.91 Å². The van der Waals surface area contributed by atoms with E-state index < -0.39 is 0 Å². The number of amides is 1. The largest absolute Gasteiger partial charge is 0.397 e. The number of nitrogens with two attached hydrogens (primary N) is 1. The summed E-state index contributed by atoms with van der Waals surface area (Å²) in [7, 11) is 0. The van der Waals surface area contributed by atoms with Crippen molar-refractivity contribution in [1.82, 2.24) is 0 Å². The van der Waals surface area contributed by atoms with Crippen LogP contribution in [0.5, 0.6) is 0 Å². The summed E-state index contributed by atoms with van der Waals surface area (Å²) in [5, 5.41) is 12.3. The van der Waals surface area contributed by atoms with Crippen molar-refractivity contribution in [2.45, 2.75) is 18.6 Å². The molecule has 1 amide bonds. The second kappa shape index (κ2) is 7.51. The molecule has 1 unspecified atom stereocenters. The third-order valence-corrected chi connectivity index (χ3v) is 3.67. The molecular formula is C12H17ClN2O2S. The first-order chi connectivity index (χ1) is 8.52. The van der Waals surface area contributed by atoms with Gasteiger partial charge in [-0.15, -0.1) is 0 Å². The molecule has 18 heavy (non-hydrogen) atoms. The summed E-state index contributed by atoms with van der Waals surface area (Å²) in [5.74, 6) is 0.572. The zero-order valence-electron chi connectivity index (χ0n) is 10.1. The minimum absolute atomic E-state index is 0.0957. The van der Waals surface area contributed by atoms with Gasteiger partial charge in [-0.05, 0) is 18.2 Å². The number of rotatable bonds is 6. The third kappa shape index (κ3) is 5.16. The van der Waals surface area contributed by atoms with Crippen molar-refractivity contribution in [3.63, 3.8) is 0 Å². The monoisotopic (exact) mass is 288 g/mol. The van der Waals surface area contributed by atoms with Crippen molar-refractivity contribution in [2.75, 3.05) is 23.4 Å². The van der Waals surface area contributed by atoms with Gasteiger partial charge in [0.1, 0.15) is 0 Å². The first kappa shape index (κ1) is 15.1. The molecule has 0 aliphatic heterocycles. The van der Waals surface area contributed by atoms with Gasteiger partial charge < -0.3 is 16.2 Å². The molecule has 4 N–H and O–H groups in total. The van der Waals surface area contributed by atoms with E-state index >= 15 is 0 Å². The van der Waals surface area contributed by atoms with Crippen molar-refractivity contribution in [3.05, 3.63) is 23.2 Å². The zero-order chi connectivity index (χ0) is 13.5. The lowest BCUT2D eigenvalue weighted by Gasteiger charge is -2.09. The number of hydrogen-bond donors (Lipinski definition) is 3. The van der Waals surface area contributed by atoms with Crippen molar-refractivity contribution in [3.8, 4) is 0 Å². The van der Waals surface area contributed by atoms with Gasteiger partial charge in [-0.2, -0.15) is 11.8 Å². The number of carbonyl (C=O) groups is 1. The van der Waals surface area contributed by atoms with E-state index in [0.29, 0.717) is 28.6 Å². The molecule has 0 fully saturated rings. The molecule has 0 aliphatic carbocycles. The quantitative estimate of drug-likeness (QED) is 0.703. The predicted octanol–water partition coefficient (Wildman–Crippen LogP) is 2.36.